The van der Waals surface area contributed by atoms with Crippen LogP contribution in [0.15, 0.2) is 43.0 Å². The van der Waals surface area contributed by atoms with E-state index in [1.54, 1.807) is 23.4 Å². The number of nitrogens with two attached hydrogens (primary N) is 1. The van der Waals surface area contributed by atoms with Crippen LogP contribution < -0.4 is 11.1 Å². The number of anilines is 1. The molecule has 2 heterocycles. The van der Waals surface area contributed by atoms with Crippen molar-refractivity contribution >= 4 is 36.4 Å². The predicted molar refractivity (Wildman–Crippen MR) is 112 cm³/mol. The lowest BCUT2D eigenvalue weighted by atomic mass is 9.92. The van der Waals surface area contributed by atoms with E-state index in [1.807, 2.05) is 24.3 Å². The minimum Gasteiger partial charge on any atom is -0.345 e. The maximum atomic E-state index is 12.5. The normalized spacial score (nSPS) is 18.6. The third-order valence-corrected chi connectivity index (χ3v) is 4.79. The Morgan fingerprint density at radius 1 is 1.21 bits per heavy atom. The van der Waals surface area contributed by atoms with Crippen LogP contribution in [-0.2, 0) is 0 Å². The minimum absolute atomic E-state index is 0. The first-order chi connectivity index (χ1) is 12.7. The number of hydrogen-bond donors (Lipinski definition) is 3. The van der Waals surface area contributed by atoms with Gasteiger partial charge in [-0.25, -0.2) is 9.67 Å². The van der Waals surface area contributed by atoms with Crippen molar-refractivity contribution < 1.29 is 4.79 Å². The van der Waals surface area contributed by atoms with Gasteiger partial charge in [0.1, 0.15) is 0 Å². The number of aromatic nitrogens is 5. The molecule has 1 aliphatic carbocycles. The average Bonchev–Trinajstić information content (AvgIpc) is 3.35. The summed E-state index contributed by atoms with van der Waals surface area (Å²) < 4.78 is 1.79. The second-order valence-electron chi connectivity index (χ2n) is 6.65. The fourth-order valence-corrected chi connectivity index (χ4v) is 3.30. The summed E-state index contributed by atoms with van der Waals surface area (Å²) in [7, 11) is 0. The van der Waals surface area contributed by atoms with Gasteiger partial charge in [0.05, 0.1) is 30.5 Å². The molecule has 10 heteroatoms. The summed E-state index contributed by atoms with van der Waals surface area (Å²) in [4.78, 5) is 19.6. The lowest BCUT2D eigenvalue weighted by molar-refractivity contribution is 0.102. The second-order valence-corrected chi connectivity index (χ2v) is 6.65. The van der Waals surface area contributed by atoms with Gasteiger partial charge in [-0.15, -0.1) is 29.9 Å². The molecule has 1 aromatic carbocycles. The highest BCUT2D eigenvalue weighted by Gasteiger charge is 2.22. The summed E-state index contributed by atoms with van der Waals surface area (Å²) in [5, 5.41) is 11.0. The highest BCUT2D eigenvalue weighted by molar-refractivity contribution is 6.02. The Morgan fingerprint density at radius 2 is 2.00 bits per heavy atom. The summed E-state index contributed by atoms with van der Waals surface area (Å²) in [6.07, 6.45) is 8.98. The van der Waals surface area contributed by atoms with Crippen molar-refractivity contribution in [1.82, 2.24) is 25.0 Å². The summed E-state index contributed by atoms with van der Waals surface area (Å²) >= 11 is 0. The SMILES string of the molecule is Cl.Cl.NC1CCC(n2cc(C(=O)Nc3cccc(-c4cnc[nH]4)c3)nn2)CC1. The van der Waals surface area contributed by atoms with E-state index in [9.17, 15) is 4.79 Å². The fourth-order valence-electron chi connectivity index (χ4n) is 3.30. The van der Waals surface area contributed by atoms with Crippen LogP contribution in [0.25, 0.3) is 11.3 Å². The molecule has 1 fully saturated rings. The van der Waals surface area contributed by atoms with Crippen LogP contribution in [0.1, 0.15) is 42.2 Å². The molecule has 4 rings (SSSR count). The first-order valence-electron chi connectivity index (χ1n) is 8.76. The van der Waals surface area contributed by atoms with E-state index in [4.69, 9.17) is 5.73 Å². The Bertz CT molecular complexity index is 889. The molecule has 0 spiro atoms. The van der Waals surface area contributed by atoms with Gasteiger partial charge in [-0.3, -0.25) is 4.79 Å². The van der Waals surface area contributed by atoms with Crippen molar-refractivity contribution in [3.05, 3.63) is 48.7 Å². The number of hydrogen-bond acceptors (Lipinski definition) is 5. The number of carbonyl (C=O) groups is 1. The maximum Gasteiger partial charge on any atom is 0.277 e. The topological polar surface area (TPSA) is 115 Å². The van der Waals surface area contributed by atoms with E-state index in [0.717, 1.165) is 36.9 Å². The third kappa shape index (κ3) is 4.89. The van der Waals surface area contributed by atoms with Crippen molar-refractivity contribution in [3.63, 3.8) is 0 Å². The van der Waals surface area contributed by atoms with E-state index >= 15 is 0 Å². The van der Waals surface area contributed by atoms with Gasteiger partial charge in [0.15, 0.2) is 5.69 Å². The van der Waals surface area contributed by atoms with Crippen LogP contribution in [0.3, 0.4) is 0 Å². The minimum atomic E-state index is -0.273. The molecule has 0 radical (unpaired) electrons. The Balaban J connectivity index is 0.00000140. The van der Waals surface area contributed by atoms with Gasteiger partial charge in [0.2, 0.25) is 0 Å². The van der Waals surface area contributed by atoms with Crippen LogP contribution in [-0.4, -0.2) is 36.9 Å². The molecular weight excluding hydrogens is 401 g/mol. The Kier molecular flexibility index (Phi) is 7.56. The number of nitrogens with zero attached hydrogens (tertiary/aromatic N) is 4. The first-order valence-corrected chi connectivity index (χ1v) is 8.76. The average molecular weight is 424 g/mol. The Labute approximate surface area is 175 Å². The lowest BCUT2D eigenvalue weighted by Gasteiger charge is -2.25. The number of aromatic amines is 1. The summed E-state index contributed by atoms with van der Waals surface area (Å²) in [5.74, 6) is -0.273. The van der Waals surface area contributed by atoms with E-state index in [0.29, 0.717) is 11.4 Å². The van der Waals surface area contributed by atoms with Crippen LogP contribution in [0.4, 0.5) is 5.69 Å². The van der Waals surface area contributed by atoms with Crippen molar-refractivity contribution in [2.45, 2.75) is 37.8 Å². The first kappa shape index (κ1) is 21.9. The quantitative estimate of drug-likeness (QED) is 0.595. The Morgan fingerprint density at radius 3 is 2.71 bits per heavy atom. The van der Waals surface area contributed by atoms with E-state index in [1.165, 1.54) is 0 Å². The fraction of sp³-hybridized carbons (Fsp3) is 0.333. The third-order valence-electron chi connectivity index (χ3n) is 4.79. The maximum absolute atomic E-state index is 12.5. The molecule has 0 saturated heterocycles. The highest BCUT2D eigenvalue weighted by atomic mass is 35.5. The molecule has 150 valence electrons. The number of amides is 1. The number of H-pyrrole nitrogens is 1. The predicted octanol–water partition coefficient (Wildman–Crippen LogP) is 3.21. The number of rotatable bonds is 4. The summed E-state index contributed by atoms with van der Waals surface area (Å²) in [6.45, 7) is 0. The monoisotopic (exact) mass is 423 g/mol. The van der Waals surface area contributed by atoms with E-state index in [-0.39, 0.29) is 42.8 Å². The molecule has 0 bridgehead atoms. The number of nitrogens with one attached hydrogen (secondary N) is 2. The molecular formula is C18H23Cl2N7O. The van der Waals surface area contributed by atoms with E-state index in [2.05, 4.69) is 25.6 Å². The summed E-state index contributed by atoms with van der Waals surface area (Å²) in [6, 6.07) is 8.11. The van der Waals surface area contributed by atoms with Gasteiger partial charge in [-0.2, -0.15) is 0 Å². The van der Waals surface area contributed by atoms with Gasteiger partial charge < -0.3 is 16.0 Å². The molecule has 0 aliphatic heterocycles. The molecule has 1 saturated carbocycles. The van der Waals surface area contributed by atoms with Crippen LogP contribution in [0.5, 0.6) is 0 Å². The molecule has 0 atom stereocenters. The zero-order chi connectivity index (χ0) is 17.9. The van der Waals surface area contributed by atoms with Gasteiger partial charge in [0.25, 0.3) is 5.91 Å². The molecule has 4 N–H and O–H groups in total. The van der Waals surface area contributed by atoms with Gasteiger partial charge >= 0.3 is 0 Å². The number of imidazole rings is 1. The van der Waals surface area contributed by atoms with Gasteiger partial charge in [-0.05, 0) is 37.8 Å². The Hall–Kier alpha value is -2.42. The standard InChI is InChI=1S/C18H21N7O.2ClH/c19-13-4-6-15(7-5-13)25-10-17(23-24-25)18(26)22-14-3-1-2-12(8-14)16-9-20-11-21-16;;/h1-3,8-11,13,15H,4-7,19H2,(H,20,21)(H,22,26);2*1H. The smallest absolute Gasteiger partial charge is 0.277 e. The number of carbonyl (C=O) groups excluding carboxylic acids is 1. The molecule has 3 aromatic rings. The lowest BCUT2D eigenvalue weighted by Crippen LogP contribution is -2.28. The molecule has 0 unspecified atom stereocenters. The van der Waals surface area contributed by atoms with E-state index < -0.39 is 0 Å². The van der Waals surface area contributed by atoms with Crippen LogP contribution >= 0.6 is 24.8 Å². The zero-order valence-corrected chi connectivity index (χ0v) is 16.7. The molecule has 1 amide bonds. The summed E-state index contributed by atoms with van der Waals surface area (Å²) in [5.41, 5.74) is 8.79. The second kappa shape index (κ2) is 9.68. The van der Waals surface area contributed by atoms with Crippen molar-refractivity contribution in [2.75, 3.05) is 5.32 Å². The highest BCUT2D eigenvalue weighted by Crippen LogP contribution is 2.27. The van der Waals surface area contributed by atoms with Crippen LogP contribution in [0.2, 0.25) is 0 Å². The number of benzene rings is 1. The van der Waals surface area contributed by atoms with Crippen molar-refractivity contribution in [1.29, 1.82) is 0 Å². The van der Waals surface area contributed by atoms with Crippen molar-refractivity contribution in [3.8, 4) is 11.3 Å². The van der Waals surface area contributed by atoms with Crippen LogP contribution in [0, 0.1) is 0 Å². The van der Waals surface area contributed by atoms with Crippen molar-refractivity contribution in [2.24, 2.45) is 5.73 Å². The largest absolute Gasteiger partial charge is 0.345 e. The van der Waals surface area contributed by atoms with Gasteiger partial charge in [0, 0.05) is 17.3 Å². The zero-order valence-electron chi connectivity index (χ0n) is 15.1. The van der Waals surface area contributed by atoms with Gasteiger partial charge in [-0.1, -0.05) is 17.3 Å². The molecule has 28 heavy (non-hydrogen) atoms. The molecule has 1 aliphatic rings. The number of halogens is 2. The molecule has 8 nitrogen and oxygen atoms in total. The molecule has 2 aromatic heterocycles.